The summed E-state index contributed by atoms with van der Waals surface area (Å²) >= 11 is 0. The lowest BCUT2D eigenvalue weighted by Gasteiger charge is -2.14. The molecular formula is C11H22N2O2. The van der Waals surface area contributed by atoms with Gasteiger partial charge in [-0.05, 0) is 45.3 Å². The summed E-state index contributed by atoms with van der Waals surface area (Å²) in [6.07, 6.45) is 4.74. The molecule has 0 aromatic carbocycles. The Morgan fingerprint density at radius 3 is 2.60 bits per heavy atom. The number of nitrogens with one attached hydrogen (secondary N) is 1. The first-order valence-electron chi connectivity index (χ1n) is 5.94. The molecule has 0 aromatic rings. The minimum absolute atomic E-state index is 0.299. The quantitative estimate of drug-likeness (QED) is 0.590. The zero-order chi connectivity index (χ0) is 10.9. The summed E-state index contributed by atoms with van der Waals surface area (Å²) in [6.45, 7) is 5.62. The van der Waals surface area contributed by atoms with Crippen LogP contribution in [0.4, 0.5) is 0 Å². The first-order valence-corrected chi connectivity index (χ1v) is 5.94. The molecule has 0 aliphatic carbocycles. The van der Waals surface area contributed by atoms with E-state index >= 15 is 0 Å². The largest absolute Gasteiger partial charge is 0.481 e. The van der Waals surface area contributed by atoms with E-state index in [0.29, 0.717) is 6.42 Å². The molecule has 0 amide bonds. The summed E-state index contributed by atoms with van der Waals surface area (Å²) in [5.74, 6) is -0.688. The molecule has 0 bridgehead atoms. The highest BCUT2D eigenvalue weighted by Crippen LogP contribution is 2.05. The lowest BCUT2D eigenvalue weighted by molar-refractivity contribution is -0.137. The molecule has 88 valence electrons. The van der Waals surface area contributed by atoms with Crippen molar-refractivity contribution in [2.75, 3.05) is 32.7 Å². The van der Waals surface area contributed by atoms with Gasteiger partial charge in [0.15, 0.2) is 0 Å². The standard InChI is InChI=1S/C11H22N2O2/c14-11(15)5-1-2-6-12-7-10-13-8-3-4-9-13/h12H,1-10H2,(H,14,15). The Bertz CT molecular complexity index is 179. The second-order valence-corrected chi connectivity index (χ2v) is 4.15. The van der Waals surface area contributed by atoms with Crippen LogP contribution in [0.25, 0.3) is 0 Å². The first kappa shape index (κ1) is 12.5. The fourth-order valence-electron chi connectivity index (χ4n) is 1.89. The van der Waals surface area contributed by atoms with E-state index in [1.54, 1.807) is 0 Å². The lowest BCUT2D eigenvalue weighted by atomic mass is 10.2. The summed E-state index contributed by atoms with van der Waals surface area (Å²) < 4.78 is 0. The van der Waals surface area contributed by atoms with Gasteiger partial charge in [0.05, 0.1) is 0 Å². The molecule has 4 nitrogen and oxygen atoms in total. The molecule has 0 unspecified atom stereocenters. The molecule has 2 N–H and O–H groups in total. The van der Waals surface area contributed by atoms with E-state index in [1.165, 1.54) is 25.9 Å². The summed E-state index contributed by atoms with van der Waals surface area (Å²) in [6, 6.07) is 0. The van der Waals surface area contributed by atoms with Crippen molar-refractivity contribution in [3.63, 3.8) is 0 Å². The predicted molar refractivity (Wildman–Crippen MR) is 60.0 cm³/mol. The molecule has 0 radical (unpaired) electrons. The molecule has 0 aromatic heterocycles. The molecule has 0 saturated carbocycles. The van der Waals surface area contributed by atoms with E-state index < -0.39 is 5.97 Å². The molecular weight excluding hydrogens is 192 g/mol. The summed E-state index contributed by atoms with van der Waals surface area (Å²) in [5.41, 5.74) is 0. The topological polar surface area (TPSA) is 52.6 Å². The Labute approximate surface area is 91.6 Å². The van der Waals surface area contributed by atoms with Crippen molar-refractivity contribution in [1.82, 2.24) is 10.2 Å². The molecule has 1 rings (SSSR count). The van der Waals surface area contributed by atoms with Crippen LogP contribution in [-0.4, -0.2) is 48.7 Å². The molecule has 1 aliphatic rings. The maximum atomic E-state index is 10.2. The smallest absolute Gasteiger partial charge is 0.303 e. The summed E-state index contributed by atoms with van der Waals surface area (Å²) in [7, 11) is 0. The van der Waals surface area contributed by atoms with Crippen molar-refractivity contribution >= 4 is 5.97 Å². The van der Waals surface area contributed by atoms with E-state index in [0.717, 1.165) is 32.5 Å². The van der Waals surface area contributed by atoms with Gasteiger partial charge in [-0.2, -0.15) is 0 Å². The number of carboxylic acids is 1. The van der Waals surface area contributed by atoms with Crippen molar-refractivity contribution in [3.8, 4) is 0 Å². The zero-order valence-corrected chi connectivity index (χ0v) is 9.37. The van der Waals surface area contributed by atoms with E-state index in [2.05, 4.69) is 10.2 Å². The van der Waals surface area contributed by atoms with Crippen LogP contribution in [-0.2, 0) is 4.79 Å². The predicted octanol–water partition coefficient (Wildman–Crippen LogP) is 0.927. The van der Waals surface area contributed by atoms with Gasteiger partial charge < -0.3 is 15.3 Å². The van der Waals surface area contributed by atoms with Crippen LogP contribution in [0.15, 0.2) is 0 Å². The highest BCUT2D eigenvalue weighted by molar-refractivity contribution is 5.66. The molecule has 1 aliphatic heterocycles. The minimum Gasteiger partial charge on any atom is -0.481 e. The number of likely N-dealkylation sites (tertiary alicyclic amines) is 1. The number of rotatable bonds is 8. The highest BCUT2D eigenvalue weighted by atomic mass is 16.4. The van der Waals surface area contributed by atoms with Crippen LogP contribution < -0.4 is 5.32 Å². The van der Waals surface area contributed by atoms with Gasteiger partial charge >= 0.3 is 5.97 Å². The average molecular weight is 214 g/mol. The Kier molecular flexibility index (Phi) is 6.36. The van der Waals surface area contributed by atoms with E-state index in [1.807, 2.05) is 0 Å². The third-order valence-corrected chi connectivity index (χ3v) is 2.80. The summed E-state index contributed by atoms with van der Waals surface area (Å²) in [5, 5.41) is 11.8. The molecule has 1 fully saturated rings. The summed E-state index contributed by atoms with van der Waals surface area (Å²) in [4.78, 5) is 12.7. The third kappa shape index (κ3) is 6.47. The number of aliphatic carboxylic acids is 1. The van der Waals surface area contributed by atoms with Crippen LogP contribution in [0.2, 0.25) is 0 Å². The van der Waals surface area contributed by atoms with Gasteiger partial charge in [0.25, 0.3) is 0 Å². The molecule has 0 atom stereocenters. The Hall–Kier alpha value is -0.610. The molecule has 0 spiro atoms. The highest BCUT2D eigenvalue weighted by Gasteiger charge is 2.09. The van der Waals surface area contributed by atoms with Gasteiger partial charge in [0.2, 0.25) is 0 Å². The number of nitrogens with zero attached hydrogens (tertiary/aromatic N) is 1. The number of carboxylic acid groups (broad SMARTS) is 1. The first-order chi connectivity index (χ1) is 7.29. The van der Waals surface area contributed by atoms with E-state index in [9.17, 15) is 4.79 Å². The number of hydrogen-bond donors (Lipinski definition) is 2. The van der Waals surface area contributed by atoms with Crippen LogP contribution in [0.1, 0.15) is 32.1 Å². The maximum absolute atomic E-state index is 10.2. The number of carbonyl (C=O) groups is 1. The fourth-order valence-corrected chi connectivity index (χ4v) is 1.89. The minimum atomic E-state index is -0.688. The van der Waals surface area contributed by atoms with E-state index in [4.69, 9.17) is 5.11 Å². The van der Waals surface area contributed by atoms with Gasteiger partial charge in [-0.3, -0.25) is 4.79 Å². The molecule has 1 heterocycles. The van der Waals surface area contributed by atoms with Crippen molar-refractivity contribution in [3.05, 3.63) is 0 Å². The molecule has 15 heavy (non-hydrogen) atoms. The van der Waals surface area contributed by atoms with Gasteiger partial charge in [-0.15, -0.1) is 0 Å². The van der Waals surface area contributed by atoms with Crippen LogP contribution in [0, 0.1) is 0 Å². The van der Waals surface area contributed by atoms with Crippen LogP contribution >= 0.6 is 0 Å². The Morgan fingerprint density at radius 1 is 1.20 bits per heavy atom. The third-order valence-electron chi connectivity index (χ3n) is 2.80. The maximum Gasteiger partial charge on any atom is 0.303 e. The van der Waals surface area contributed by atoms with Crippen molar-refractivity contribution < 1.29 is 9.90 Å². The van der Waals surface area contributed by atoms with Crippen molar-refractivity contribution in [2.45, 2.75) is 32.1 Å². The van der Waals surface area contributed by atoms with Crippen molar-refractivity contribution in [2.24, 2.45) is 0 Å². The normalized spacial score (nSPS) is 17.1. The van der Waals surface area contributed by atoms with E-state index in [-0.39, 0.29) is 0 Å². The van der Waals surface area contributed by atoms with Gasteiger partial charge in [-0.25, -0.2) is 0 Å². The zero-order valence-electron chi connectivity index (χ0n) is 9.37. The lowest BCUT2D eigenvalue weighted by Crippen LogP contribution is -2.30. The average Bonchev–Trinajstić information content (AvgIpc) is 2.68. The Morgan fingerprint density at radius 2 is 1.93 bits per heavy atom. The number of unbranched alkanes of at least 4 members (excludes halogenated alkanes) is 1. The van der Waals surface area contributed by atoms with Crippen molar-refractivity contribution in [1.29, 1.82) is 0 Å². The second-order valence-electron chi connectivity index (χ2n) is 4.15. The Balaban J connectivity index is 1.78. The monoisotopic (exact) mass is 214 g/mol. The second kappa shape index (κ2) is 7.65. The molecule has 4 heteroatoms. The fraction of sp³-hybridized carbons (Fsp3) is 0.909. The SMILES string of the molecule is O=C(O)CCCCNCCN1CCCC1. The van der Waals surface area contributed by atoms with Gasteiger partial charge in [0.1, 0.15) is 0 Å². The number of hydrogen-bond acceptors (Lipinski definition) is 3. The van der Waals surface area contributed by atoms with Gasteiger partial charge in [0, 0.05) is 19.5 Å². The van der Waals surface area contributed by atoms with Gasteiger partial charge in [-0.1, -0.05) is 0 Å². The van der Waals surface area contributed by atoms with Crippen LogP contribution in [0.5, 0.6) is 0 Å². The molecule has 1 saturated heterocycles. The van der Waals surface area contributed by atoms with Crippen LogP contribution in [0.3, 0.4) is 0 Å².